The van der Waals surface area contributed by atoms with Gasteiger partial charge in [0.2, 0.25) is 0 Å². The zero-order valence-corrected chi connectivity index (χ0v) is 13.5. The molecular weight excluding hydrogens is 248 g/mol. The van der Waals surface area contributed by atoms with Crippen LogP contribution in [-0.4, -0.2) is 32.8 Å². The fraction of sp³-hybridized carbons (Fsp3) is 0.647. The lowest BCUT2D eigenvalue weighted by Crippen LogP contribution is -2.35. The van der Waals surface area contributed by atoms with Crippen molar-refractivity contribution >= 4 is 5.69 Å². The number of nitrogens with zero attached hydrogens (tertiary/aromatic N) is 1. The van der Waals surface area contributed by atoms with Crippen LogP contribution in [0.5, 0.6) is 0 Å². The van der Waals surface area contributed by atoms with Gasteiger partial charge >= 0.3 is 0 Å². The molecule has 1 rings (SSSR count). The van der Waals surface area contributed by atoms with Crippen molar-refractivity contribution in [1.82, 2.24) is 5.32 Å². The number of ether oxygens (including phenoxy) is 1. The first-order valence-corrected chi connectivity index (χ1v) is 7.78. The van der Waals surface area contributed by atoms with Gasteiger partial charge in [0.15, 0.2) is 0 Å². The maximum absolute atomic E-state index is 5.23. The van der Waals surface area contributed by atoms with Crippen molar-refractivity contribution in [3.63, 3.8) is 0 Å². The molecule has 3 heteroatoms. The highest BCUT2D eigenvalue weighted by molar-refractivity contribution is 5.48. The number of methoxy groups -OCH3 is 1. The highest BCUT2D eigenvalue weighted by Crippen LogP contribution is 2.19. The van der Waals surface area contributed by atoms with E-state index in [2.05, 4.69) is 55.3 Å². The van der Waals surface area contributed by atoms with Crippen molar-refractivity contribution in [3.8, 4) is 0 Å². The molecule has 3 nitrogen and oxygen atoms in total. The number of benzene rings is 1. The van der Waals surface area contributed by atoms with Crippen LogP contribution >= 0.6 is 0 Å². The first-order chi connectivity index (χ1) is 9.72. The van der Waals surface area contributed by atoms with Crippen LogP contribution in [0.25, 0.3) is 0 Å². The van der Waals surface area contributed by atoms with Crippen molar-refractivity contribution in [1.29, 1.82) is 0 Å². The second-order valence-corrected chi connectivity index (χ2v) is 5.29. The van der Waals surface area contributed by atoms with E-state index in [0.29, 0.717) is 6.04 Å². The Kier molecular flexibility index (Phi) is 8.31. The van der Waals surface area contributed by atoms with Gasteiger partial charge in [-0.05, 0) is 44.0 Å². The van der Waals surface area contributed by atoms with Gasteiger partial charge in [0.05, 0.1) is 6.61 Å². The molecule has 0 radical (unpaired) electrons. The van der Waals surface area contributed by atoms with E-state index >= 15 is 0 Å². The van der Waals surface area contributed by atoms with E-state index in [1.165, 1.54) is 17.7 Å². The van der Waals surface area contributed by atoms with E-state index in [0.717, 1.165) is 32.7 Å². The predicted octanol–water partition coefficient (Wildman–Crippen LogP) is 3.44. The molecule has 0 aliphatic carbocycles. The maximum Gasteiger partial charge on any atom is 0.0637 e. The summed E-state index contributed by atoms with van der Waals surface area (Å²) >= 11 is 0. The molecule has 1 aromatic carbocycles. The maximum atomic E-state index is 5.23. The molecule has 1 N–H and O–H groups in total. The van der Waals surface area contributed by atoms with Crippen LogP contribution in [0.3, 0.4) is 0 Å². The quantitative estimate of drug-likeness (QED) is 0.664. The van der Waals surface area contributed by atoms with E-state index in [4.69, 9.17) is 4.74 Å². The number of hydrogen-bond donors (Lipinski definition) is 1. The van der Waals surface area contributed by atoms with Crippen LogP contribution in [0.15, 0.2) is 24.3 Å². The second-order valence-electron chi connectivity index (χ2n) is 5.29. The average molecular weight is 278 g/mol. The van der Waals surface area contributed by atoms with E-state index in [-0.39, 0.29) is 0 Å². The molecule has 1 unspecified atom stereocenters. The topological polar surface area (TPSA) is 24.5 Å². The summed E-state index contributed by atoms with van der Waals surface area (Å²) in [7, 11) is 1.76. The summed E-state index contributed by atoms with van der Waals surface area (Å²) in [6.45, 7) is 10.4. The molecule has 0 heterocycles. The highest BCUT2D eigenvalue weighted by atomic mass is 16.5. The van der Waals surface area contributed by atoms with Gasteiger partial charge in [-0.3, -0.25) is 0 Å². The lowest BCUT2D eigenvalue weighted by atomic mass is 10.1. The fourth-order valence-electron chi connectivity index (χ4n) is 2.23. The van der Waals surface area contributed by atoms with Gasteiger partial charge in [-0.1, -0.05) is 26.0 Å². The summed E-state index contributed by atoms with van der Waals surface area (Å²) in [5.41, 5.74) is 2.63. The van der Waals surface area contributed by atoms with Crippen molar-refractivity contribution < 1.29 is 4.74 Å². The largest absolute Gasteiger partial charge is 0.383 e. The average Bonchev–Trinajstić information content (AvgIpc) is 2.49. The number of rotatable bonds is 10. The minimum Gasteiger partial charge on any atom is -0.383 e. The van der Waals surface area contributed by atoms with Crippen LogP contribution in [0, 0.1) is 0 Å². The molecule has 0 saturated carbocycles. The minimum absolute atomic E-state index is 0.536. The summed E-state index contributed by atoms with van der Waals surface area (Å²) in [5, 5.41) is 3.43. The summed E-state index contributed by atoms with van der Waals surface area (Å²) in [6.07, 6.45) is 2.32. The van der Waals surface area contributed by atoms with Gasteiger partial charge in [0.1, 0.15) is 0 Å². The molecular formula is C17H30N2O. The van der Waals surface area contributed by atoms with Crippen molar-refractivity contribution in [2.75, 3.05) is 31.7 Å². The molecule has 0 saturated heterocycles. The minimum atomic E-state index is 0.536. The Balaban J connectivity index is 2.66. The summed E-state index contributed by atoms with van der Waals surface area (Å²) in [6, 6.07) is 9.44. The third kappa shape index (κ3) is 5.51. The third-order valence-corrected chi connectivity index (χ3v) is 3.68. The predicted molar refractivity (Wildman–Crippen MR) is 87.4 cm³/mol. The zero-order valence-electron chi connectivity index (χ0n) is 13.5. The van der Waals surface area contributed by atoms with Gasteiger partial charge in [0.25, 0.3) is 0 Å². The molecule has 0 bridgehead atoms. The Bertz CT molecular complexity index is 351. The first-order valence-electron chi connectivity index (χ1n) is 7.78. The molecule has 20 heavy (non-hydrogen) atoms. The SMILES string of the molecule is CCCNCc1ccc(N(CCOC)C(C)CC)cc1. The fourth-order valence-corrected chi connectivity index (χ4v) is 2.23. The Labute approximate surface area is 124 Å². The molecule has 1 atom stereocenters. The Hall–Kier alpha value is -1.06. The number of nitrogens with one attached hydrogen (secondary N) is 1. The Morgan fingerprint density at radius 1 is 1.20 bits per heavy atom. The molecule has 0 aliphatic heterocycles. The van der Waals surface area contributed by atoms with Gasteiger partial charge in [-0.2, -0.15) is 0 Å². The normalized spacial score (nSPS) is 12.4. The van der Waals surface area contributed by atoms with Gasteiger partial charge < -0.3 is 15.0 Å². The van der Waals surface area contributed by atoms with Gasteiger partial charge in [-0.25, -0.2) is 0 Å². The van der Waals surface area contributed by atoms with E-state index in [1.54, 1.807) is 7.11 Å². The van der Waals surface area contributed by atoms with Gasteiger partial charge in [-0.15, -0.1) is 0 Å². The third-order valence-electron chi connectivity index (χ3n) is 3.68. The molecule has 0 amide bonds. The number of anilines is 1. The molecule has 114 valence electrons. The van der Waals surface area contributed by atoms with E-state index < -0.39 is 0 Å². The summed E-state index contributed by atoms with van der Waals surface area (Å²) < 4.78 is 5.23. The van der Waals surface area contributed by atoms with Crippen molar-refractivity contribution in [3.05, 3.63) is 29.8 Å². The van der Waals surface area contributed by atoms with Gasteiger partial charge in [0, 0.05) is 31.9 Å². The van der Waals surface area contributed by atoms with Crippen molar-refractivity contribution in [2.24, 2.45) is 0 Å². The van der Waals surface area contributed by atoms with E-state index in [1.807, 2.05) is 0 Å². The first kappa shape index (κ1) is 17.0. The van der Waals surface area contributed by atoms with Crippen LogP contribution in [-0.2, 0) is 11.3 Å². The summed E-state index contributed by atoms with van der Waals surface area (Å²) in [5.74, 6) is 0. The molecule has 0 spiro atoms. The van der Waals surface area contributed by atoms with Crippen LogP contribution in [0.4, 0.5) is 5.69 Å². The van der Waals surface area contributed by atoms with Crippen LogP contribution in [0.1, 0.15) is 39.2 Å². The van der Waals surface area contributed by atoms with Crippen LogP contribution in [0.2, 0.25) is 0 Å². The standard InChI is InChI=1S/C17H30N2O/c1-5-11-18-14-16-7-9-17(10-8-16)19(12-13-20-4)15(3)6-2/h7-10,15,18H,5-6,11-14H2,1-4H3. The Morgan fingerprint density at radius 3 is 2.45 bits per heavy atom. The Morgan fingerprint density at radius 2 is 1.90 bits per heavy atom. The summed E-state index contributed by atoms with van der Waals surface area (Å²) in [4.78, 5) is 2.42. The molecule has 1 aromatic rings. The molecule has 0 fully saturated rings. The van der Waals surface area contributed by atoms with Crippen LogP contribution < -0.4 is 10.2 Å². The monoisotopic (exact) mass is 278 g/mol. The number of hydrogen-bond acceptors (Lipinski definition) is 3. The second kappa shape index (κ2) is 9.78. The van der Waals surface area contributed by atoms with E-state index in [9.17, 15) is 0 Å². The van der Waals surface area contributed by atoms with Crippen molar-refractivity contribution in [2.45, 2.75) is 46.2 Å². The highest BCUT2D eigenvalue weighted by Gasteiger charge is 2.12. The lowest BCUT2D eigenvalue weighted by Gasteiger charge is -2.30. The zero-order chi connectivity index (χ0) is 14.8. The smallest absolute Gasteiger partial charge is 0.0637 e. The molecule has 0 aromatic heterocycles. The molecule has 0 aliphatic rings. The lowest BCUT2D eigenvalue weighted by molar-refractivity contribution is 0.203.